The van der Waals surface area contributed by atoms with E-state index in [1.54, 1.807) is 0 Å². The average Bonchev–Trinajstić information content (AvgIpc) is 3.46. The van der Waals surface area contributed by atoms with Crippen molar-refractivity contribution in [2.45, 2.75) is 38.5 Å². The molecule has 0 heteroatoms. The fraction of sp³-hybridized carbons (Fsp3) is 0.200. The summed E-state index contributed by atoms with van der Waals surface area (Å²) in [6, 6.07) is 15.7. The summed E-state index contributed by atoms with van der Waals surface area (Å²) >= 11 is 0. The molecule has 3 aliphatic carbocycles. The Kier molecular flexibility index (Phi) is 4.30. The molecule has 1 unspecified atom stereocenters. The molecular weight excluding hydrogens is 360 g/mol. The molecule has 2 aromatic rings. The maximum atomic E-state index is 5.82. The van der Waals surface area contributed by atoms with Crippen molar-refractivity contribution in [1.82, 2.24) is 0 Å². The smallest absolute Gasteiger partial charge is 0.0507 e. The molecule has 146 valence electrons. The highest BCUT2D eigenvalue weighted by Gasteiger charge is 2.48. The third-order valence-electron chi connectivity index (χ3n) is 7.03. The lowest BCUT2D eigenvalue weighted by molar-refractivity contribution is 0.624. The van der Waals surface area contributed by atoms with Gasteiger partial charge in [0.25, 0.3) is 0 Å². The Bertz CT molecular complexity index is 1250. The fourth-order valence-corrected chi connectivity index (χ4v) is 5.60. The Hall–Kier alpha value is -3.30. The van der Waals surface area contributed by atoms with E-state index in [1.165, 1.54) is 44.5 Å². The molecule has 0 saturated carbocycles. The van der Waals surface area contributed by atoms with E-state index < -0.39 is 0 Å². The molecule has 30 heavy (non-hydrogen) atoms. The number of hydrogen-bond donors (Lipinski definition) is 0. The van der Waals surface area contributed by atoms with Gasteiger partial charge in [-0.15, -0.1) is 6.42 Å². The summed E-state index contributed by atoms with van der Waals surface area (Å²) in [5, 5.41) is 0. The first kappa shape index (κ1) is 18.7. The molecule has 0 aromatic heterocycles. The summed E-state index contributed by atoms with van der Waals surface area (Å²) < 4.78 is 0. The first-order valence-corrected chi connectivity index (χ1v) is 10.7. The zero-order valence-electron chi connectivity index (χ0n) is 17.8. The summed E-state index contributed by atoms with van der Waals surface area (Å²) in [6.45, 7) is 8.71. The van der Waals surface area contributed by atoms with Crippen LogP contribution in [0.25, 0.3) is 11.1 Å². The van der Waals surface area contributed by atoms with E-state index in [0.717, 1.165) is 30.4 Å². The van der Waals surface area contributed by atoms with Gasteiger partial charge in [-0.1, -0.05) is 84.8 Å². The van der Waals surface area contributed by atoms with Crippen LogP contribution in [0.5, 0.6) is 0 Å². The maximum absolute atomic E-state index is 5.82. The fourth-order valence-electron chi connectivity index (χ4n) is 5.60. The van der Waals surface area contributed by atoms with Crippen LogP contribution >= 0.6 is 0 Å². The van der Waals surface area contributed by atoms with Gasteiger partial charge in [0.15, 0.2) is 0 Å². The van der Waals surface area contributed by atoms with Gasteiger partial charge in [0, 0.05) is 5.57 Å². The molecule has 0 fully saturated rings. The van der Waals surface area contributed by atoms with Gasteiger partial charge in [-0.2, -0.15) is 0 Å². The highest BCUT2D eigenvalue weighted by atomic mass is 14.5. The van der Waals surface area contributed by atoms with Crippen molar-refractivity contribution in [3.05, 3.63) is 118 Å². The van der Waals surface area contributed by atoms with E-state index in [-0.39, 0.29) is 5.41 Å². The lowest BCUT2D eigenvalue weighted by Gasteiger charge is -2.36. The number of aryl methyl sites for hydroxylation is 1. The molecule has 0 heterocycles. The van der Waals surface area contributed by atoms with Crippen molar-refractivity contribution in [3.63, 3.8) is 0 Å². The number of rotatable bonds is 4. The number of fused-ring (bicyclic) bond motifs is 3. The van der Waals surface area contributed by atoms with Gasteiger partial charge >= 0.3 is 0 Å². The quantitative estimate of drug-likeness (QED) is 0.481. The standard InChI is InChI=1S/C30H26/c1-5-20(2)24-15-10-17-26(24)30(19-23-13-8-11-21(23)3)27-16-7-6-14-25(27)29-22(4)12-9-18-28(29)30/h1,6-9,12-18H,2,10-11,19H2,3-4H3. The Balaban J connectivity index is 1.85. The summed E-state index contributed by atoms with van der Waals surface area (Å²) in [6.07, 6.45) is 18.0. The lowest BCUT2D eigenvalue weighted by Crippen LogP contribution is -2.29. The molecule has 0 radical (unpaired) electrons. The van der Waals surface area contributed by atoms with E-state index in [2.05, 4.69) is 93.1 Å². The first-order chi connectivity index (χ1) is 14.6. The molecule has 5 rings (SSSR count). The minimum absolute atomic E-state index is 0.245. The second kappa shape index (κ2) is 6.89. The van der Waals surface area contributed by atoms with Gasteiger partial charge in [0.05, 0.1) is 5.41 Å². The third kappa shape index (κ3) is 2.49. The molecule has 0 bridgehead atoms. The third-order valence-corrected chi connectivity index (χ3v) is 7.03. The van der Waals surface area contributed by atoms with Crippen LogP contribution in [0.1, 0.15) is 42.9 Å². The molecule has 3 aliphatic rings. The van der Waals surface area contributed by atoms with Crippen molar-refractivity contribution in [2.24, 2.45) is 0 Å². The number of hydrogen-bond acceptors (Lipinski definition) is 0. The van der Waals surface area contributed by atoms with Crippen LogP contribution in [0.4, 0.5) is 0 Å². The number of benzene rings is 2. The molecule has 0 spiro atoms. The van der Waals surface area contributed by atoms with E-state index in [1.807, 2.05) is 0 Å². The topological polar surface area (TPSA) is 0 Å². The van der Waals surface area contributed by atoms with E-state index in [9.17, 15) is 0 Å². The molecular formula is C30H26. The van der Waals surface area contributed by atoms with Gasteiger partial charge in [-0.05, 0) is 77.6 Å². The molecule has 0 aliphatic heterocycles. The molecule has 0 N–H and O–H groups in total. The number of allylic oxidation sites excluding steroid dienone is 9. The summed E-state index contributed by atoms with van der Waals surface area (Å²) in [5.74, 6) is 2.81. The normalized spacial score (nSPS) is 21.2. The van der Waals surface area contributed by atoms with Gasteiger partial charge < -0.3 is 0 Å². The van der Waals surface area contributed by atoms with Gasteiger partial charge in [0.2, 0.25) is 0 Å². The van der Waals surface area contributed by atoms with Crippen molar-refractivity contribution in [3.8, 4) is 23.5 Å². The highest BCUT2D eigenvalue weighted by molar-refractivity contribution is 5.87. The van der Waals surface area contributed by atoms with E-state index >= 15 is 0 Å². The largest absolute Gasteiger partial charge is 0.115 e. The van der Waals surface area contributed by atoms with Crippen molar-refractivity contribution < 1.29 is 0 Å². The molecule has 0 nitrogen and oxygen atoms in total. The zero-order valence-corrected chi connectivity index (χ0v) is 17.8. The Morgan fingerprint density at radius 2 is 1.87 bits per heavy atom. The Morgan fingerprint density at radius 3 is 2.63 bits per heavy atom. The van der Waals surface area contributed by atoms with Crippen molar-refractivity contribution in [2.75, 3.05) is 0 Å². The predicted molar refractivity (Wildman–Crippen MR) is 127 cm³/mol. The second-order valence-electron chi connectivity index (χ2n) is 8.63. The van der Waals surface area contributed by atoms with Crippen LogP contribution in [0.3, 0.4) is 0 Å². The minimum atomic E-state index is -0.245. The van der Waals surface area contributed by atoms with Crippen molar-refractivity contribution in [1.29, 1.82) is 0 Å². The minimum Gasteiger partial charge on any atom is -0.115 e. The monoisotopic (exact) mass is 386 g/mol. The summed E-state index contributed by atoms with van der Waals surface area (Å²) in [5.41, 5.74) is 12.8. The predicted octanol–water partition coefficient (Wildman–Crippen LogP) is 7.37. The molecule has 0 amide bonds. The first-order valence-electron chi connectivity index (χ1n) is 10.7. The number of terminal acetylenes is 1. The average molecular weight is 387 g/mol. The van der Waals surface area contributed by atoms with E-state index in [0.29, 0.717) is 0 Å². The Morgan fingerprint density at radius 1 is 1.07 bits per heavy atom. The van der Waals surface area contributed by atoms with Crippen LogP contribution in [0, 0.1) is 19.3 Å². The lowest BCUT2D eigenvalue weighted by atomic mass is 9.65. The maximum Gasteiger partial charge on any atom is 0.0507 e. The van der Waals surface area contributed by atoms with Crippen molar-refractivity contribution >= 4 is 0 Å². The van der Waals surface area contributed by atoms with Crippen LogP contribution in [-0.4, -0.2) is 0 Å². The highest BCUT2D eigenvalue weighted by Crippen LogP contribution is 2.59. The second-order valence-corrected chi connectivity index (χ2v) is 8.63. The molecule has 0 saturated heterocycles. The van der Waals surface area contributed by atoms with Gasteiger partial charge in [0.1, 0.15) is 0 Å². The SMILES string of the molecule is C#CC(=C)C1=CCC=C1C1(CC2=C(C)CC=C2)c2ccccc2-c2c(C)cccc21. The zero-order chi connectivity index (χ0) is 20.9. The van der Waals surface area contributed by atoms with Crippen LogP contribution in [0.2, 0.25) is 0 Å². The Labute approximate surface area is 180 Å². The van der Waals surface area contributed by atoms with Gasteiger partial charge in [-0.3, -0.25) is 0 Å². The van der Waals surface area contributed by atoms with Crippen LogP contribution < -0.4 is 0 Å². The van der Waals surface area contributed by atoms with Crippen LogP contribution in [0.15, 0.2) is 101 Å². The van der Waals surface area contributed by atoms with E-state index in [4.69, 9.17) is 6.42 Å². The molecule has 1 atom stereocenters. The van der Waals surface area contributed by atoms with Crippen LogP contribution in [-0.2, 0) is 5.41 Å². The van der Waals surface area contributed by atoms with Gasteiger partial charge in [-0.25, -0.2) is 0 Å². The summed E-state index contributed by atoms with van der Waals surface area (Å²) in [7, 11) is 0. The molecule has 2 aromatic carbocycles. The summed E-state index contributed by atoms with van der Waals surface area (Å²) in [4.78, 5) is 0.